The van der Waals surface area contributed by atoms with Crippen molar-refractivity contribution >= 4 is 17.6 Å². The van der Waals surface area contributed by atoms with Crippen molar-refractivity contribution in [3.05, 3.63) is 11.8 Å². The molecular formula is C16H24N4O2. The van der Waals surface area contributed by atoms with Gasteiger partial charge in [0.05, 0.1) is 5.69 Å². The molecular weight excluding hydrogens is 280 g/mol. The highest BCUT2D eigenvalue weighted by atomic mass is 16.2. The molecule has 2 aliphatic heterocycles. The number of piperidine rings is 1. The van der Waals surface area contributed by atoms with Gasteiger partial charge in [0.2, 0.25) is 11.8 Å². The van der Waals surface area contributed by atoms with Gasteiger partial charge in [0.15, 0.2) is 0 Å². The van der Waals surface area contributed by atoms with Gasteiger partial charge in [-0.1, -0.05) is 0 Å². The maximum atomic E-state index is 12.5. The number of nitrogens with zero attached hydrogens (tertiary/aromatic N) is 4. The van der Waals surface area contributed by atoms with Crippen molar-refractivity contribution in [1.82, 2.24) is 14.7 Å². The minimum absolute atomic E-state index is 0.0335. The van der Waals surface area contributed by atoms with E-state index in [1.54, 1.807) is 4.90 Å². The van der Waals surface area contributed by atoms with Crippen molar-refractivity contribution in [2.75, 3.05) is 24.5 Å². The summed E-state index contributed by atoms with van der Waals surface area (Å²) in [6, 6.07) is 1.95. The predicted octanol–water partition coefficient (Wildman–Crippen LogP) is 1.72. The van der Waals surface area contributed by atoms with Crippen molar-refractivity contribution in [2.24, 2.45) is 0 Å². The molecule has 0 unspecified atom stereocenters. The number of hydrogen-bond donors (Lipinski definition) is 0. The molecule has 120 valence electrons. The lowest BCUT2D eigenvalue weighted by atomic mass is 10.1. The van der Waals surface area contributed by atoms with Crippen LogP contribution < -0.4 is 4.90 Å². The van der Waals surface area contributed by atoms with E-state index in [-0.39, 0.29) is 11.8 Å². The van der Waals surface area contributed by atoms with Crippen LogP contribution in [0, 0.1) is 6.92 Å². The van der Waals surface area contributed by atoms with Crippen LogP contribution in [0.25, 0.3) is 0 Å². The second-order valence-corrected chi connectivity index (χ2v) is 6.21. The fourth-order valence-corrected chi connectivity index (χ4v) is 3.31. The molecule has 1 aromatic rings. The Balaban J connectivity index is 1.57. The molecule has 0 radical (unpaired) electrons. The lowest BCUT2D eigenvalue weighted by Gasteiger charge is -2.29. The number of aromatic nitrogens is 2. The Labute approximate surface area is 131 Å². The first-order valence-electron chi connectivity index (χ1n) is 8.28. The van der Waals surface area contributed by atoms with E-state index in [9.17, 15) is 9.59 Å². The summed E-state index contributed by atoms with van der Waals surface area (Å²) in [6.45, 7) is 5.22. The number of anilines is 1. The van der Waals surface area contributed by atoms with Crippen LogP contribution in [-0.2, 0) is 16.1 Å². The number of fused-ring (bicyclic) bond motifs is 1. The van der Waals surface area contributed by atoms with E-state index in [2.05, 4.69) is 5.10 Å². The standard InChI is InChI=1S/C16H24N4O2/c1-13-12-14-19(10-5-11-20(14)17-13)16(22)7-6-15(21)18-8-3-2-4-9-18/h12H,2-11H2,1H3. The Bertz CT molecular complexity index is 560. The van der Waals surface area contributed by atoms with Gasteiger partial charge in [-0.2, -0.15) is 5.10 Å². The summed E-state index contributed by atoms with van der Waals surface area (Å²) in [5.41, 5.74) is 0.930. The fraction of sp³-hybridized carbons (Fsp3) is 0.688. The summed E-state index contributed by atoms with van der Waals surface area (Å²) in [4.78, 5) is 28.3. The Hall–Kier alpha value is -1.85. The van der Waals surface area contributed by atoms with Gasteiger partial charge >= 0.3 is 0 Å². The number of hydrogen-bond acceptors (Lipinski definition) is 3. The van der Waals surface area contributed by atoms with Crippen molar-refractivity contribution in [3.8, 4) is 0 Å². The van der Waals surface area contributed by atoms with Crippen LogP contribution in [0.2, 0.25) is 0 Å². The molecule has 6 heteroatoms. The molecule has 1 saturated heterocycles. The largest absolute Gasteiger partial charge is 0.343 e. The summed E-state index contributed by atoms with van der Waals surface area (Å²) in [5, 5.41) is 4.40. The molecule has 0 aromatic carbocycles. The molecule has 3 rings (SSSR count). The van der Waals surface area contributed by atoms with Crippen LogP contribution in [-0.4, -0.2) is 46.1 Å². The van der Waals surface area contributed by atoms with Gasteiger partial charge in [0.25, 0.3) is 0 Å². The second-order valence-electron chi connectivity index (χ2n) is 6.21. The van der Waals surface area contributed by atoms with Crippen LogP contribution in [0.3, 0.4) is 0 Å². The van der Waals surface area contributed by atoms with E-state index < -0.39 is 0 Å². The SMILES string of the molecule is Cc1cc2n(n1)CCCN2C(=O)CCC(=O)N1CCCCC1. The Morgan fingerprint density at radius 3 is 2.50 bits per heavy atom. The van der Waals surface area contributed by atoms with Crippen LogP contribution in [0.4, 0.5) is 5.82 Å². The van der Waals surface area contributed by atoms with Crippen LogP contribution in [0.5, 0.6) is 0 Å². The lowest BCUT2D eigenvalue weighted by molar-refractivity contribution is -0.134. The molecule has 2 aliphatic rings. The third-order valence-electron chi connectivity index (χ3n) is 4.47. The summed E-state index contributed by atoms with van der Waals surface area (Å²) in [7, 11) is 0. The van der Waals surface area contributed by atoms with Gasteiger partial charge in [-0.25, -0.2) is 4.68 Å². The molecule has 6 nitrogen and oxygen atoms in total. The molecule has 2 amide bonds. The van der Waals surface area contributed by atoms with E-state index in [0.29, 0.717) is 12.8 Å². The van der Waals surface area contributed by atoms with E-state index >= 15 is 0 Å². The minimum atomic E-state index is 0.0335. The predicted molar refractivity (Wildman–Crippen MR) is 83.6 cm³/mol. The van der Waals surface area contributed by atoms with Crippen molar-refractivity contribution < 1.29 is 9.59 Å². The van der Waals surface area contributed by atoms with E-state index in [1.165, 1.54) is 6.42 Å². The van der Waals surface area contributed by atoms with Crippen LogP contribution in [0.15, 0.2) is 6.07 Å². The number of aryl methyl sites for hydroxylation is 2. The van der Waals surface area contributed by atoms with Gasteiger partial charge in [-0.15, -0.1) is 0 Å². The molecule has 0 N–H and O–H groups in total. The van der Waals surface area contributed by atoms with Crippen molar-refractivity contribution in [2.45, 2.75) is 52.0 Å². The zero-order valence-corrected chi connectivity index (χ0v) is 13.3. The van der Waals surface area contributed by atoms with Gasteiger partial charge < -0.3 is 4.90 Å². The third kappa shape index (κ3) is 3.15. The Morgan fingerprint density at radius 1 is 1.00 bits per heavy atom. The molecule has 1 aromatic heterocycles. The molecule has 3 heterocycles. The first-order valence-corrected chi connectivity index (χ1v) is 8.28. The monoisotopic (exact) mass is 304 g/mol. The average molecular weight is 304 g/mol. The normalized spacial score (nSPS) is 18.2. The highest BCUT2D eigenvalue weighted by Crippen LogP contribution is 2.22. The molecule has 0 saturated carbocycles. The molecule has 0 spiro atoms. The molecule has 1 fully saturated rings. The smallest absolute Gasteiger partial charge is 0.228 e. The summed E-state index contributed by atoms with van der Waals surface area (Å²) < 4.78 is 1.89. The Morgan fingerprint density at radius 2 is 1.73 bits per heavy atom. The van der Waals surface area contributed by atoms with E-state index in [1.807, 2.05) is 22.6 Å². The first-order chi connectivity index (χ1) is 10.6. The molecule has 0 bridgehead atoms. The summed E-state index contributed by atoms with van der Waals surface area (Å²) in [6.07, 6.45) is 4.91. The number of likely N-dealkylation sites (tertiary alicyclic amines) is 1. The quantitative estimate of drug-likeness (QED) is 0.854. The average Bonchev–Trinajstić information content (AvgIpc) is 2.93. The molecule has 0 atom stereocenters. The van der Waals surface area contributed by atoms with E-state index in [4.69, 9.17) is 0 Å². The van der Waals surface area contributed by atoms with Gasteiger partial charge in [-0.3, -0.25) is 14.5 Å². The second kappa shape index (κ2) is 6.50. The van der Waals surface area contributed by atoms with Gasteiger partial charge in [-0.05, 0) is 32.6 Å². The highest BCUT2D eigenvalue weighted by molar-refractivity contribution is 5.95. The minimum Gasteiger partial charge on any atom is -0.343 e. The van der Waals surface area contributed by atoms with Crippen molar-refractivity contribution in [1.29, 1.82) is 0 Å². The van der Waals surface area contributed by atoms with Crippen LogP contribution in [0.1, 0.15) is 44.2 Å². The zero-order chi connectivity index (χ0) is 15.5. The third-order valence-corrected chi connectivity index (χ3v) is 4.47. The summed E-state index contributed by atoms with van der Waals surface area (Å²) >= 11 is 0. The number of carbonyl (C=O) groups excluding carboxylic acids is 2. The lowest BCUT2D eigenvalue weighted by Crippen LogP contribution is -2.39. The van der Waals surface area contributed by atoms with E-state index in [0.717, 1.165) is 57.0 Å². The maximum absolute atomic E-state index is 12.5. The van der Waals surface area contributed by atoms with Crippen molar-refractivity contribution in [3.63, 3.8) is 0 Å². The number of carbonyl (C=O) groups is 2. The number of rotatable bonds is 3. The summed E-state index contributed by atoms with van der Waals surface area (Å²) in [5.74, 6) is 1.03. The van der Waals surface area contributed by atoms with Crippen LogP contribution >= 0.6 is 0 Å². The Kier molecular flexibility index (Phi) is 4.45. The zero-order valence-electron chi connectivity index (χ0n) is 13.3. The fourth-order valence-electron chi connectivity index (χ4n) is 3.31. The van der Waals surface area contributed by atoms with Gasteiger partial charge in [0.1, 0.15) is 5.82 Å². The number of amides is 2. The maximum Gasteiger partial charge on any atom is 0.228 e. The topological polar surface area (TPSA) is 58.4 Å². The first kappa shape index (κ1) is 15.1. The highest BCUT2D eigenvalue weighted by Gasteiger charge is 2.25. The van der Waals surface area contributed by atoms with Gasteiger partial charge in [0, 0.05) is 45.1 Å². The molecule has 22 heavy (non-hydrogen) atoms. The molecule has 0 aliphatic carbocycles.